The first-order valence-electron chi connectivity index (χ1n) is 9.66. The van der Waals surface area contributed by atoms with Crippen LogP contribution in [-0.4, -0.2) is 31.1 Å². The van der Waals surface area contributed by atoms with Crippen LogP contribution in [0, 0.1) is 5.92 Å². The molecule has 1 aromatic carbocycles. The van der Waals surface area contributed by atoms with Crippen LogP contribution in [0.5, 0.6) is 0 Å². The van der Waals surface area contributed by atoms with Gasteiger partial charge in [0.25, 0.3) is 5.56 Å². The Bertz CT molecular complexity index is 1220. The Labute approximate surface area is 167 Å². The molecule has 3 heterocycles. The van der Waals surface area contributed by atoms with E-state index in [9.17, 15) is 14.4 Å². The van der Waals surface area contributed by atoms with Gasteiger partial charge in [-0.2, -0.15) is 4.98 Å². The predicted octanol–water partition coefficient (Wildman–Crippen LogP) is 0.732. The summed E-state index contributed by atoms with van der Waals surface area (Å²) in [7, 11) is 1.55. The van der Waals surface area contributed by atoms with Gasteiger partial charge in [0, 0.05) is 25.8 Å². The number of benzene rings is 1. The lowest BCUT2D eigenvalue weighted by Crippen LogP contribution is -2.43. The second kappa shape index (κ2) is 6.91. The molecule has 152 valence electrons. The summed E-state index contributed by atoms with van der Waals surface area (Å²) in [6.07, 6.45) is 0.955. The van der Waals surface area contributed by atoms with Crippen molar-refractivity contribution in [3.05, 3.63) is 50.7 Å². The fraction of sp³-hybridized carbons (Fsp3) is 0.400. The lowest BCUT2D eigenvalue weighted by molar-refractivity contribution is -0.118. The number of rotatable bonds is 4. The summed E-state index contributed by atoms with van der Waals surface area (Å²) < 4.78 is 4.02. The molecule has 1 aliphatic heterocycles. The third-order valence-electron chi connectivity index (χ3n) is 5.41. The molecule has 0 spiro atoms. The van der Waals surface area contributed by atoms with Crippen molar-refractivity contribution in [1.29, 1.82) is 0 Å². The highest BCUT2D eigenvalue weighted by Crippen LogP contribution is 2.32. The van der Waals surface area contributed by atoms with Crippen LogP contribution in [0.15, 0.2) is 33.9 Å². The van der Waals surface area contributed by atoms with Gasteiger partial charge in [-0.3, -0.25) is 14.2 Å². The number of carbonyl (C=O) groups excluding carboxylic acids is 1. The molecule has 0 saturated carbocycles. The molecule has 0 fully saturated rings. The normalized spacial score (nSPS) is 16.2. The molecule has 0 saturated heterocycles. The molecule has 3 aromatic rings. The molecule has 4 rings (SSSR count). The van der Waals surface area contributed by atoms with Crippen LogP contribution < -0.4 is 21.9 Å². The van der Waals surface area contributed by atoms with Crippen molar-refractivity contribution in [2.75, 3.05) is 11.4 Å². The molecular weight excluding hydrogens is 372 g/mol. The van der Waals surface area contributed by atoms with Gasteiger partial charge in [-0.05, 0) is 30.0 Å². The minimum absolute atomic E-state index is 0.256. The minimum atomic E-state index is -0.743. The summed E-state index contributed by atoms with van der Waals surface area (Å²) in [5, 5.41) is 0. The first-order chi connectivity index (χ1) is 13.8. The van der Waals surface area contributed by atoms with Crippen LogP contribution in [0.2, 0.25) is 0 Å². The van der Waals surface area contributed by atoms with Gasteiger partial charge in [0.2, 0.25) is 11.9 Å². The molecule has 1 amide bonds. The number of carbonyl (C=O) groups is 1. The van der Waals surface area contributed by atoms with Crippen LogP contribution in [0.4, 0.5) is 11.6 Å². The third-order valence-corrected chi connectivity index (χ3v) is 5.41. The highest BCUT2D eigenvalue weighted by Gasteiger charge is 2.30. The number of nitrogens with zero attached hydrogens (tertiary/aromatic N) is 5. The molecule has 0 bridgehead atoms. The Kier molecular flexibility index (Phi) is 4.52. The zero-order valence-electron chi connectivity index (χ0n) is 16.8. The lowest BCUT2D eigenvalue weighted by atomic mass is 10.1. The molecule has 0 aliphatic carbocycles. The van der Waals surface area contributed by atoms with Gasteiger partial charge >= 0.3 is 5.69 Å². The monoisotopic (exact) mass is 396 g/mol. The Morgan fingerprint density at radius 1 is 1.21 bits per heavy atom. The Morgan fingerprint density at radius 3 is 2.52 bits per heavy atom. The molecule has 1 atom stereocenters. The van der Waals surface area contributed by atoms with E-state index >= 15 is 0 Å². The summed E-state index contributed by atoms with van der Waals surface area (Å²) in [6, 6.07) is 8.25. The van der Waals surface area contributed by atoms with E-state index in [0.29, 0.717) is 23.7 Å². The van der Waals surface area contributed by atoms with Crippen molar-refractivity contribution >= 4 is 28.7 Å². The van der Waals surface area contributed by atoms with Gasteiger partial charge in [-0.15, -0.1) is 0 Å². The maximum absolute atomic E-state index is 13.1. The zero-order valence-corrected chi connectivity index (χ0v) is 16.8. The Balaban J connectivity index is 1.96. The molecule has 29 heavy (non-hydrogen) atoms. The number of aryl methyl sites for hydroxylation is 2. The van der Waals surface area contributed by atoms with E-state index in [0.717, 1.165) is 23.2 Å². The standard InChI is InChI=1S/C20H24N6O3/c1-4-13-5-7-14(8-6-13)24-9-12(2)10-25-16-17(22-19(24)25)23(3)20(29)26(18(16)28)11-15(21)27/h5-8,12H,4,9-11H2,1-3H3,(H2,21,27)/t12-/m0/s1. The highest BCUT2D eigenvalue weighted by atomic mass is 16.2. The second-order valence-corrected chi connectivity index (χ2v) is 7.63. The molecular formula is C20H24N6O3. The largest absolute Gasteiger partial charge is 0.368 e. The number of anilines is 2. The number of amides is 1. The predicted molar refractivity (Wildman–Crippen MR) is 110 cm³/mol. The zero-order chi connectivity index (χ0) is 20.9. The molecule has 9 nitrogen and oxygen atoms in total. The smallest absolute Gasteiger partial charge is 0.332 e. The summed E-state index contributed by atoms with van der Waals surface area (Å²) in [4.78, 5) is 43.7. The van der Waals surface area contributed by atoms with Crippen molar-refractivity contribution in [2.24, 2.45) is 18.7 Å². The summed E-state index contributed by atoms with van der Waals surface area (Å²) >= 11 is 0. The molecule has 0 unspecified atom stereocenters. The number of primary amides is 1. The number of fused-ring (bicyclic) bond motifs is 3. The fourth-order valence-corrected chi connectivity index (χ4v) is 3.93. The Morgan fingerprint density at radius 2 is 1.90 bits per heavy atom. The summed E-state index contributed by atoms with van der Waals surface area (Å²) in [5.41, 5.74) is 6.92. The average Bonchev–Trinajstić information content (AvgIpc) is 3.08. The van der Waals surface area contributed by atoms with Crippen molar-refractivity contribution in [3.63, 3.8) is 0 Å². The maximum Gasteiger partial charge on any atom is 0.332 e. The van der Waals surface area contributed by atoms with E-state index in [1.807, 2.05) is 16.7 Å². The number of hydrogen-bond acceptors (Lipinski definition) is 5. The van der Waals surface area contributed by atoms with E-state index in [1.54, 1.807) is 7.05 Å². The highest BCUT2D eigenvalue weighted by molar-refractivity contribution is 5.78. The van der Waals surface area contributed by atoms with Crippen LogP contribution >= 0.6 is 0 Å². The summed E-state index contributed by atoms with van der Waals surface area (Å²) in [5.74, 6) is 0.131. The van der Waals surface area contributed by atoms with Gasteiger partial charge in [-0.25, -0.2) is 9.36 Å². The van der Waals surface area contributed by atoms with Crippen molar-refractivity contribution in [2.45, 2.75) is 33.4 Å². The fourth-order valence-electron chi connectivity index (χ4n) is 3.93. The topological polar surface area (TPSA) is 108 Å². The van der Waals surface area contributed by atoms with Gasteiger partial charge in [0.1, 0.15) is 6.54 Å². The summed E-state index contributed by atoms with van der Waals surface area (Å²) in [6.45, 7) is 5.10. The van der Waals surface area contributed by atoms with Crippen molar-refractivity contribution in [1.82, 2.24) is 18.7 Å². The van der Waals surface area contributed by atoms with Gasteiger partial charge in [-0.1, -0.05) is 26.0 Å². The number of nitrogens with two attached hydrogens (primary N) is 1. The SMILES string of the molecule is CCc1ccc(N2C[C@H](C)Cn3c2nc2c3c(=O)n(CC(N)=O)c(=O)n2C)cc1. The van der Waals surface area contributed by atoms with Gasteiger partial charge < -0.3 is 15.2 Å². The molecule has 0 radical (unpaired) electrons. The molecule has 2 aromatic heterocycles. The number of aromatic nitrogens is 4. The van der Waals surface area contributed by atoms with Crippen molar-refractivity contribution in [3.8, 4) is 0 Å². The van der Waals surface area contributed by atoms with E-state index < -0.39 is 23.7 Å². The average molecular weight is 396 g/mol. The van der Waals surface area contributed by atoms with Crippen molar-refractivity contribution < 1.29 is 4.79 Å². The molecule has 2 N–H and O–H groups in total. The maximum atomic E-state index is 13.1. The second-order valence-electron chi connectivity index (χ2n) is 7.63. The first-order valence-corrected chi connectivity index (χ1v) is 9.66. The molecule has 1 aliphatic rings. The van der Waals surface area contributed by atoms with E-state index in [2.05, 4.69) is 35.9 Å². The van der Waals surface area contributed by atoms with E-state index in [1.165, 1.54) is 10.1 Å². The number of imidazole rings is 1. The van der Waals surface area contributed by atoms with E-state index in [-0.39, 0.29) is 5.92 Å². The third kappa shape index (κ3) is 3.02. The van der Waals surface area contributed by atoms with Crippen LogP contribution in [0.25, 0.3) is 11.2 Å². The van der Waals surface area contributed by atoms with Crippen LogP contribution in [0.3, 0.4) is 0 Å². The first kappa shape index (κ1) is 19.0. The van der Waals surface area contributed by atoms with Crippen LogP contribution in [0.1, 0.15) is 19.4 Å². The van der Waals surface area contributed by atoms with Crippen LogP contribution in [-0.2, 0) is 31.4 Å². The molecule has 9 heteroatoms. The van der Waals surface area contributed by atoms with Gasteiger partial charge in [0.15, 0.2) is 11.2 Å². The number of hydrogen-bond donors (Lipinski definition) is 1. The Hall–Kier alpha value is -3.36. The lowest BCUT2D eigenvalue weighted by Gasteiger charge is -2.33. The quantitative estimate of drug-likeness (QED) is 0.699. The minimum Gasteiger partial charge on any atom is -0.368 e. The van der Waals surface area contributed by atoms with Gasteiger partial charge in [0.05, 0.1) is 0 Å². The van der Waals surface area contributed by atoms with E-state index in [4.69, 9.17) is 5.73 Å².